The molecule has 0 fully saturated rings. The van der Waals surface area contributed by atoms with Crippen LogP contribution < -0.4 is 0 Å². The minimum Gasteiger partial charge on any atom is -0.0149 e. The van der Waals surface area contributed by atoms with Crippen LogP contribution in [0.3, 0.4) is 0 Å². The Labute approximate surface area is 92.9 Å². The largest absolute Gasteiger partial charge is 0.0814 e. The van der Waals surface area contributed by atoms with Crippen molar-refractivity contribution in [2.45, 2.75) is 0 Å². The van der Waals surface area contributed by atoms with E-state index in [0.717, 1.165) is 0 Å². The number of hydrogen-bond acceptors (Lipinski definition) is 0. The average molecular weight is 327 g/mol. The van der Waals surface area contributed by atoms with Crippen LogP contribution >= 0.6 is 0 Å². The molecule has 1 radical (unpaired) electrons. The first kappa shape index (κ1) is 72.6. The fraction of sp³-hybridized carbons (Fsp3) is 0. The van der Waals surface area contributed by atoms with Gasteiger partial charge in [0.2, 0.25) is 0 Å². The van der Waals surface area contributed by atoms with Crippen molar-refractivity contribution in [3.63, 3.8) is 0 Å². The van der Waals surface area contributed by atoms with Crippen molar-refractivity contribution in [1.82, 2.24) is 0 Å². The van der Waals surface area contributed by atoms with Crippen molar-refractivity contribution in [3.05, 3.63) is 0 Å². The quantitative estimate of drug-likeness (QED) is 0.427. The molecule has 0 rings (SSSR count). The van der Waals surface area contributed by atoms with Crippen LogP contribution in [-0.2, 0) is 74.7 Å². The van der Waals surface area contributed by atoms with E-state index in [9.17, 15) is 0 Å². The van der Waals surface area contributed by atoms with E-state index in [1.54, 1.807) is 0 Å². The Hall–Kier alpha value is 2.63. The molecule has 0 aliphatic carbocycles. The predicted molar refractivity (Wildman–Crippen MR) is 21.3 cm³/mol. The molecule has 0 amide bonds. The molecule has 0 heterocycles. The van der Waals surface area contributed by atoms with Gasteiger partial charge in [-0.1, -0.05) is 0 Å². The van der Waals surface area contributed by atoms with Crippen LogP contribution in [0.5, 0.6) is 0 Å². The zero-order valence-corrected chi connectivity index (χ0v) is 8.79. The van der Waals surface area contributed by atoms with E-state index in [-0.39, 0.29) is 94.1 Å². The van der Waals surface area contributed by atoms with Gasteiger partial charge in [0.1, 0.15) is 0 Å². The van der Waals surface area contributed by atoms with Crippen molar-refractivity contribution >= 4 is 19.4 Å². The maximum Gasteiger partial charge on any atom is 0.0814 e. The summed E-state index contributed by atoms with van der Waals surface area (Å²) in [7, 11) is 0. The second-order valence-corrected chi connectivity index (χ2v) is 0. The molecule has 6 heavy (non-hydrogen) atoms. The second kappa shape index (κ2) is 48.4. The Morgan fingerprint density at radius 3 is 1.00 bits per heavy atom. The first-order chi connectivity index (χ1) is 0. The summed E-state index contributed by atoms with van der Waals surface area (Å²) in [6.45, 7) is 0. The minimum absolute atomic E-state index is 0. The topological polar surface area (TPSA) is 0 Å². The molecule has 0 unspecified atom stereocenters. The molecule has 0 saturated heterocycles. The maximum atomic E-state index is 0. The predicted octanol–water partition coefficient (Wildman–Crippen LogP) is -2.65. The van der Waals surface area contributed by atoms with Crippen molar-refractivity contribution in [2.24, 2.45) is 0 Å². The molecular formula is H7BCuFeMoSiZn. The Morgan fingerprint density at radius 1 is 1.00 bits per heavy atom. The van der Waals surface area contributed by atoms with E-state index >= 15 is 0 Å². The molecule has 0 aromatic carbocycles. The first-order valence-electron chi connectivity index (χ1n) is 0. The van der Waals surface area contributed by atoms with Gasteiger partial charge in [0.15, 0.2) is 0 Å². The van der Waals surface area contributed by atoms with Gasteiger partial charge < -0.3 is 0 Å². The van der Waals surface area contributed by atoms with E-state index in [4.69, 9.17) is 0 Å². The van der Waals surface area contributed by atoms with Crippen molar-refractivity contribution in [2.75, 3.05) is 0 Å². The van der Waals surface area contributed by atoms with Gasteiger partial charge in [-0.15, -0.1) is 0 Å². The van der Waals surface area contributed by atoms with Crippen LogP contribution in [0.25, 0.3) is 0 Å². The van der Waals surface area contributed by atoms with Crippen molar-refractivity contribution < 1.29 is 74.7 Å². The van der Waals surface area contributed by atoms with Gasteiger partial charge in [0.25, 0.3) is 0 Å². The van der Waals surface area contributed by atoms with Gasteiger partial charge >= 0.3 is 0 Å². The number of rotatable bonds is 0. The van der Waals surface area contributed by atoms with Gasteiger partial charge in [-0.2, -0.15) is 0 Å². The molecule has 0 bridgehead atoms. The Kier molecular flexibility index (Phi) is 586. The number of hydrogen-bond donors (Lipinski definition) is 0. The van der Waals surface area contributed by atoms with Crippen LogP contribution in [0.4, 0.5) is 0 Å². The summed E-state index contributed by atoms with van der Waals surface area (Å²) >= 11 is 0. The fourth-order valence-corrected chi connectivity index (χ4v) is 0. The smallest absolute Gasteiger partial charge is 0.0149 e. The Bertz CT molecular complexity index is 15.5. The molecule has 0 aromatic heterocycles. The summed E-state index contributed by atoms with van der Waals surface area (Å²) in [5.41, 5.74) is 0. The molecule has 0 atom stereocenters. The van der Waals surface area contributed by atoms with Gasteiger partial charge in [0.05, 0.1) is 8.41 Å². The van der Waals surface area contributed by atoms with E-state index in [2.05, 4.69) is 0 Å². The molecule has 0 aromatic rings. The summed E-state index contributed by atoms with van der Waals surface area (Å²) in [5, 5.41) is 0. The third kappa shape index (κ3) is 30.4. The summed E-state index contributed by atoms with van der Waals surface area (Å²) in [5.74, 6) is 0. The van der Waals surface area contributed by atoms with Gasteiger partial charge in [-0.05, 0) is 11.0 Å². The SMILES string of the molecule is B.[Cu].[Fe].[Mo].[SiH4].[Zn]. The van der Waals surface area contributed by atoms with Gasteiger partial charge in [-0.3, -0.25) is 0 Å². The van der Waals surface area contributed by atoms with E-state index in [0.29, 0.717) is 0 Å². The molecule has 41 valence electrons. The monoisotopic (exact) mass is 327 g/mol. The molecule has 0 spiro atoms. The summed E-state index contributed by atoms with van der Waals surface area (Å²) in [6, 6.07) is 0. The zero-order chi connectivity index (χ0) is 0. The van der Waals surface area contributed by atoms with Gasteiger partial charge in [0, 0.05) is 74.7 Å². The first-order valence-corrected chi connectivity index (χ1v) is 0. The van der Waals surface area contributed by atoms with Gasteiger partial charge in [-0.25, -0.2) is 0 Å². The molecular weight excluding hydrogens is 320 g/mol. The average Bonchev–Trinajstić information content (AvgIpc) is 0. The molecule has 0 nitrogen and oxygen atoms in total. The summed E-state index contributed by atoms with van der Waals surface area (Å²) < 4.78 is 0. The van der Waals surface area contributed by atoms with Crippen molar-refractivity contribution in [3.8, 4) is 0 Å². The minimum atomic E-state index is 0. The molecule has 6 heteroatoms. The Morgan fingerprint density at radius 2 is 1.00 bits per heavy atom. The molecule has 0 N–H and O–H groups in total. The summed E-state index contributed by atoms with van der Waals surface area (Å²) in [6.07, 6.45) is 0. The van der Waals surface area contributed by atoms with Crippen LogP contribution in [-0.4, -0.2) is 19.4 Å². The molecule has 0 aliphatic rings. The maximum absolute atomic E-state index is 0. The van der Waals surface area contributed by atoms with Crippen LogP contribution in [0.1, 0.15) is 0 Å². The third-order valence-electron chi connectivity index (χ3n) is 0. The van der Waals surface area contributed by atoms with E-state index in [1.165, 1.54) is 0 Å². The molecule has 0 saturated carbocycles. The Balaban J connectivity index is 0. The standard InChI is InChI=1S/BH3.Cu.Fe.Mo.H4Si.Zn/h1H3;;;;1H4;. The zero-order valence-electron chi connectivity index (χ0n) is 1.77. The molecule has 0 aliphatic heterocycles. The third-order valence-corrected chi connectivity index (χ3v) is 0. The van der Waals surface area contributed by atoms with Crippen LogP contribution in [0.15, 0.2) is 0 Å². The second-order valence-electron chi connectivity index (χ2n) is 0. The van der Waals surface area contributed by atoms with Crippen LogP contribution in [0, 0.1) is 0 Å². The normalized spacial score (nSPS) is 0. The van der Waals surface area contributed by atoms with E-state index in [1.807, 2.05) is 0 Å². The summed E-state index contributed by atoms with van der Waals surface area (Å²) in [4.78, 5) is 0. The van der Waals surface area contributed by atoms with Crippen molar-refractivity contribution in [1.29, 1.82) is 0 Å². The van der Waals surface area contributed by atoms with E-state index < -0.39 is 0 Å². The van der Waals surface area contributed by atoms with Crippen LogP contribution in [0.2, 0.25) is 0 Å². The fourth-order valence-electron chi connectivity index (χ4n) is 0.